The number of nitrogens with one attached hydrogen (secondary N) is 1. The molecule has 4 heteroatoms. The molecular formula is C15H24FNO2. The molecular weight excluding hydrogens is 245 g/mol. The highest BCUT2D eigenvalue weighted by Gasteiger charge is 2.18. The minimum atomic E-state index is -0.263. The molecule has 19 heavy (non-hydrogen) atoms. The summed E-state index contributed by atoms with van der Waals surface area (Å²) in [7, 11) is 4.91. The Hall–Kier alpha value is -1.29. The molecule has 0 aliphatic heterocycles. The van der Waals surface area contributed by atoms with Crippen molar-refractivity contribution in [2.45, 2.75) is 32.7 Å². The predicted octanol–water partition coefficient (Wildman–Crippen LogP) is 3.54. The molecule has 1 atom stereocenters. The number of hydrogen-bond donors (Lipinski definition) is 1. The lowest BCUT2D eigenvalue weighted by molar-refractivity contribution is 0.349. The summed E-state index contributed by atoms with van der Waals surface area (Å²) in [5.74, 6) is 1.31. The molecule has 0 saturated heterocycles. The number of rotatable bonds is 7. The molecule has 3 nitrogen and oxygen atoms in total. The van der Waals surface area contributed by atoms with Crippen LogP contribution < -0.4 is 14.8 Å². The molecule has 0 saturated carbocycles. The minimum absolute atomic E-state index is 0.0118. The molecule has 1 N–H and O–H groups in total. The van der Waals surface area contributed by atoms with Crippen LogP contribution in [-0.4, -0.2) is 21.3 Å². The van der Waals surface area contributed by atoms with Gasteiger partial charge in [-0.15, -0.1) is 0 Å². The first kappa shape index (κ1) is 15.8. The van der Waals surface area contributed by atoms with E-state index in [0.29, 0.717) is 23.0 Å². The topological polar surface area (TPSA) is 30.5 Å². The smallest absolute Gasteiger partial charge is 0.163 e. The van der Waals surface area contributed by atoms with Gasteiger partial charge >= 0.3 is 0 Å². The molecule has 0 radical (unpaired) electrons. The van der Waals surface area contributed by atoms with Gasteiger partial charge in [-0.3, -0.25) is 0 Å². The number of hydrogen-bond acceptors (Lipinski definition) is 3. The van der Waals surface area contributed by atoms with E-state index >= 15 is 0 Å². The molecule has 0 heterocycles. The second-order valence-electron chi connectivity index (χ2n) is 5.04. The molecule has 1 rings (SSSR count). The third kappa shape index (κ3) is 4.10. The normalized spacial score (nSPS) is 12.6. The number of halogens is 1. The molecule has 0 spiro atoms. The van der Waals surface area contributed by atoms with Crippen LogP contribution in [0.5, 0.6) is 11.5 Å². The van der Waals surface area contributed by atoms with Gasteiger partial charge < -0.3 is 14.8 Å². The highest BCUT2D eigenvalue weighted by atomic mass is 19.1. The Morgan fingerprint density at radius 2 is 1.68 bits per heavy atom. The fourth-order valence-corrected chi connectivity index (χ4v) is 2.09. The van der Waals surface area contributed by atoms with E-state index in [1.54, 1.807) is 13.2 Å². The molecule has 1 aromatic carbocycles. The van der Waals surface area contributed by atoms with E-state index in [4.69, 9.17) is 9.47 Å². The van der Waals surface area contributed by atoms with Gasteiger partial charge in [-0.1, -0.05) is 13.8 Å². The summed E-state index contributed by atoms with van der Waals surface area (Å²) in [6, 6.07) is 3.09. The Morgan fingerprint density at radius 3 is 2.16 bits per heavy atom. The summed E-state index contributed by atoms with van der Waals surface area (Å²) in [4.78, 5) is 0. The number of ether oxygens (including phenoxy) is 2. The Kier molecular flexibility index (Phi) is 6.09. The third-order valence-corrected chi connectivity index (χ3v) is 3.26. The summed E-state index contributed by atoms with van der Waals surface area (Å²) in [5.41, 5.74) is 0.626. The average molecular weight is 269 g/mol. The van der Waals surface area contributed by atoms with Gasteiger partial charge in [0.15, 0.2) is 11.5 Å². The highest BCUT2D eigenvalue weighted by Crippen LogP contribution is 2.33. The van der Waals surface area contributed by atoms with Gasteiger partial charge in [0.1, 0.15) is 5.82 Å². The fraction of sp³-hybridized carbons (Fsp3) is 0.600. The van der Waals surface area contributed by atoms with Crippen LogP contribution in [0.4, 0.5) is 4.39 Å². The maximum atomic E-state index is 14.1. The van der Waals surface area contributed by atoms with Crippen LogP contribution in [0.25, 0.3) is 0 Å². The van der Waals surface area contributed by atoms with Crippen LogP contribution in [0.3, 0.4) is 0 Å². The zero-order chi connectivity index (χ0) is 14.4. The molecule has 0 fully saturated rings. The lowest BCUT2D eigenvalue weighted by atomic mass is 9.97. The standard InChI is InChI=1S/C15H24FNO2/c1-10(2)6-7-13(17-3)11-8-14(18-4)15(19-5)9-12(11)16/h8-10,13,17H,6-7H2,1-5H3. The molecule has 108 valence electrons. The van der Waals surface area contributed by atoms with Crippen molar-refractivity contribution < 1.29 is 13.9 Å². The van der Waals surface area contributed by atoms with Crippen molar-refractivity contribution in [3.05, 3.63) is 23.5 Å². The predicted molar refractivity (Wildman–Crippen MR) is 75.4 cm³/mol. The van der Waals surface area contributed by atoms with E-state index in [-0.39, 0.29) is 11.9 Å². The van der Waals surface area contributed by atoms with Crippen LogP contribution in [-0.2, 0) is 0 Å². The van der Waals surface area contributed by atoms with E-state index in [1.807, 2.05) is 7.05 Å². The highest BCUT2D eigenvalue weighted by molar-refractivity contribution is 5.44. The number of benzene rings is 1. The lowest BCUT2D eigenvalue weighted by Gasteiger charge is -2.20. The van der Waals surface area contributed by atoms with Crippen molar-refractivity contribution >= 4 is 0 Å². The maximum Gasteiger partial charge on any atom is 0.163 e. The van der Waals surface area contributed by atoms with Crippen molar-refractivity contribution in [2.75, 3.05) is 21.3 Å². The van der Waals surface area contributed by atoms with E-state index in [9.17, 15) is 4.39 Å². The fourth-order valence-electron chi connectivity index (χ4n) is 2.09. The van der Waals surface area contributed by atoms with Crippen molar-refractivity contribution in [3.8, 4) is 11.5 Å². The molecule has 0 aromatic heterocycles. The summed E-state index contributed by atoms with van der Waals surface area (Å²) in [5, 5.41) is 3.17. The van der Waals surface area contributed by atoms with Gasteiger partial charge in [0, 0.05) is 17.7 Å². The summed E-state index contributed by atoms with van der Waals surface area (Å²) < 4.78 is 24.5. The Labute approximate surface area is 115 Å². The maximum absolute atomic E-state index is 14.1. The van der Waals surface area contributed by atoms with Crippen LogP contribution in [0.1, 0.15) is 38.3 Å². The summed E-state index contributed by atoms with van der Waals surface area (Å²) in [6.45, 7) is 4.33. The van der Waals surface area contributed by atoms with E-state index in [2.05, 4.69) is 19.2 Å². The zero-order valence-corrected chi connectivity index (χ0v) is 12.4. The van der Waals surface area contributed by atoms with Crippen LogP contribution >= 0.6 is 0 Å². The van der Waals surface area contributed by atoms with Gasteiger partial charge in [0.2, 0.25) is 0 Å². The first-order valence-corrected chi connectivity index (χ1v) is 6.62. The Balaban J connectivity index is 3.02. The Bertz CT molecular complexity index is 407. The molecule has 1 unspecified atom stereocenters. The SMILES string of the molecule is CNC(CCC(C)C)c1cc(OC)c(OC)cc1F. The third-order valence-electron chi connectivity index (χ3n) is 3.26. The van der Waals surface area contributed by atoms with Gasteiger partial charge in [-0.25, -0.2) is 4.39 Å². The van der Waals surface area contributed by atoms with E-state index in [0.717, 1.165) is 12.8 Å². The van der Waals surface area contributed by atoms with Gasteiger partial charge in [0.25, 0.3) is 0 Å². The second kappa shape index (κ2) is 7.34. The molecule has 0 bridgehead atoms. The van der Waals surface area contributed by atoms with Gasteiger partial charge in [-0.05, 0) is 31.9 Å². The van der Waals surface area contributed by atoms with Crippen LogP contribution in [0.15, 0.2) is 12.1 Å². The van der Waals surface area contributed by atoms with Crippen molar-refractivity contribution in [3.63, 3.8) is 0 Å². The molecule has 0 aliphatic rings. The van der Waals surface area contributed by atoms with E-state index in [1.165, 1.54) is 13.2 Å². The van der Waals surface area contributed by atoms with Crippen molar-refractivity contribution in [1.29, 1.82) is 0 Å². The summed E-state index contributed by atoms with van der Waals surface area (Å²) >= 11 is 0. The zero-order valence-electron chi connectivity index (χ0n) is 12.4. The Morgan fingerprint density at radius 1 is 1.11 bits per heavy atom. The molecule has 0 amide bonds. The van der Waals surface area contributed by atoms with E-state index < -0.39 is 0 Å². The van der Waals surface area contributed by atoms with Gasteiger partial charge in [0.05, 0.1) is 14.2 Å². The van der Waals surface area contributed by atoms with Crippen LogP contribution in [0.2, 0.25) is 0 Å². The van der Waals surface area contributed by atoms with Crippen molar-refractivity contribution in [1.82, 2.24) is 5.32 Å². The van der Waals surface area contributed by atoms with Gasteiger partial charge in [-0.2, -0.15) is 0 Å². The first-order chi connectivity index (χ1) is 9.03. The monoisotopic (exact) mass is 269 g/mol. The summed E-state index contributed by atoms with van der Waals surface area (Å²) in [6.07, 6.45) is 1.93. The lowest BCUT2D eigenvalue weighted by Crippen LogP contribution is -2.18. The largest absolute Gasteiger partial charge is 0.493 e. The average Bonchev–Trinajstić information content (AvgIpc) is 2.40. The quantitative estimate of drug-likeness (QED) is 0.821. The minimum Gasteiger partial charge on any atom is -0.493 e. The first-order valence-electron chi connectivity index (χ1n) is 6.62. The van der Waals surface area contributed by atoms with Crippen LogP contribution in [0, 0.1) is 11.7 Å². The number of methoxy groups -OCH3 is 2. The molecule has 0 aliphatic carbocycles. The van der Waals surface area contributed by atoms with Crippen molar-refractivity contribution in [2.24, 2.45) is 5.92 Å². The second-order valence-corrected chi connectivity index (χ2v) is 5.04. The molecule has 1 aromatic rings.